The summed E-state index contributed by atoms with van der Waals surface area (Å²) in [6.07, 6.45) is 9.69. The molecule has 1 saturated heterocycles. The van der Waals surface area contributed by atoms with Crippen molar-refractivity contribution in [3.63, 3.8) is 0 Å². The van der Waals surface area contributed by atoms with Gasteiger partial charge in [0.1, 0.15) is 5.60 Å². The fraction of sp³-hybridized carbons (Fsp3) is 0.727. The second kappa shape index (κ2) is 5.18. The van der Waals surface area contributed by atoms with Crippen LogP contribution >= 0.6 is 0 Å². The van der Waals surface area contributed by atoms with Crippen molar-refractivity contribution in [3.05, 3.63) is 12.7 Å². The minimum absolute atomic E-state index is 0.363. The average Bonchev–Trinajstić information content (AvgIpc) is 2.92. The lowest BCUT2D eigenvalue weighted by Crippen LogP contribution is -2.11. The molecule has 1 heterocycles. The number of epoxide rings is 1. The highest BCUT2D eigenvalue weighted by atomic mass is 16.6. The van der Waals surface area contributed by atoms with Crippen molar-refractivity contribution < 1.29 is 9.53 Å². The second-order valence-electron chi connectivity index (χ2n) is 3.71. The van der Waals surface area contributed by atoms with Gasteiger partial charge in [0.25, 0.3) is 0 Å². The molecule has 0 saturated carbocycles. The number of hydrogen-bond acceptors (Lipinski definition) is 2. The molecule has 1 atom stereocenters. The summed E-state index contributed by atoms with van der Waals surface area (Å²) >= 11 is 0. The number of aldehydes is 1. The molecule has 0 spiro atoms. The minimum Gasteiger partial charge on any atom is -0.362 e. The van der Waals surface area contributed by atoms with Gasteiger partial charge < -0.3 is 9.53 Å². The van der Waals surface area contributed by atoms with Gasteiger partial charge in [0.15, 0.2) is 6.29 Å². The van der Waals surface area contributed by atoms with Gasteiger partial charge in [-0.05, 0) is 19.3 Å². The Labute approximate surface area is 80.0 Å². The Kier molecular flexibility index (Phi) is 4.16. The molecule has 13 heavy (non-hydrogen) atoms. The zero-order valence-electron chi connectivity index (χ0n) is 8.13. The van der Waals surface area contributed by atoms with Gasteiger partial charge in [0.05, 0.1) is 6.61 Å². The third-order valence-electron chi connectivity index (χ3n) is 2.49. The van der Waals surface area contributed by atoms with Crippen molar-refractivity contribution >= 4 is 6.29 Å². The van der Waals surface area contributed by atoms with Gasteiger partial charge in [0.2, 0.25) is 0 Å². The van der Waals surface area contributed by atoms with Crippen LogP contribution in [0.25, 0.3) is 0 Å². The predicted molar refractivity (Wildman–Crippen MR) is 52.6 cm³/mol. The van der Waals surface area contributed by atoms with Crippen LogP contribution in [-0.4, -0.2) is 18.5 Å². The van der Waals surface area contributed by atoms with Crippen LogP contribution in [0.5, 0.6) is 0 Å². The number of ether oxygens (including phenoxy) is 1. The molecule has 1 aliphatic rings. The molecule has 0 N–H and O–H groups in total. The van der Waals surface area contributed by atoms with Crippen molar-refractivity contribution in [2.24, 2.45) is 0 Å². The summed E-state index contributed by atoms with van der Waals surface area (Å²) in [5.41, 5.74) is -0.363. The molecule has 0 bridgehead atoms. The molecule has 2 nitrogen and oxygen atoms in total. The van der Waals surface area contributed by atoms with Gasteiger partial charge in [-0.3, -0.25) is 0 Å². The van der Waals surface area contributed by atoms with Gasteiger partial charge in [-0.1, -0.05) is 25.3 Å². The summed E-state index contributed by atoms with van der Waals surface area (Å²) in [7, 11) is 0. The highest BCUT2D eigenvalue weighted by molar-refractivity contribution is 5.66. The quantitative estimate of drug-likeness (QED) is 0.250. The summed E-state index contributed by atoms with van der Waals surface area (Å²) in [6.45, 7) is 4.32. The molecule has 0 aromatic carbocycles. The van der Waals surface area contributed by atoms with E-state index in [4.69, 9.17) is 4.74 Å². The Balaban J connectivity index is 1.89. The molecule has 0 aromatic heterocycles. The normalized spacial score (nSPS) is 25.5. The van der Waals surface area contributed by atoms with E-state index in [0.717, 1.165) is 25.5 Å². The van der Waals surface area contributed by atoms with Crippen LogP contribution in [0.3, 0.4) is 0 Å². The smallest absolute Gasteiger partial charge is 0.154 e. The van der Waals surface area contributed by atoms with Crippen LogP contribution in [-0.2, 0) is 9.53 Å². The molecule has 1 rings (SSSR count). The fourth-order valence-electron chi connectivity index (χ4n) is 1.43. The van der Waals surface area contributed by atoms with E-state index in [1.807, 2.05) is 6.08 Å². The number of carbonyl (C=O) groups excluding carboxylic acids is 1. The van der Waals surface area contributed by atoms with E-state index in [0.29, 0.717) is 6.61 Å². The van der Waals surface area contributed by atoms with E-state index < -0.39 is 0 Å². The van der Waals surface area contributed by atoms with Crippen LogP contribution in [0, 0.1) is 0 Å². The first-order valence-corrected chi connectivity index (χ1v) is 5.04. The van der Waals surface area contributed by atoms with Gasteiger partial charge in [-0.2, -0.15) is 0 Å². The maximum Gasteiger partial charge on any atom is 0.154 e. The van der Waals surface area contributed by atoms with E-state index in [9.17, 15) is 4.79 Å². The van der Waals surface area contributed by atoms with E-state index in [-0.39, 0.29) is 5.60 Å². The van der Waals surface area contributed by atoms with Crippen LogP contribution in [0.1, 0.15) is 38.5 Å². The summed E-state index contributed by atoms with van der Waals surface area (Å²) in [6, 6.07) is 0. The largest absolute Gasteiger partial charge is 0.362 e. The van der Waals surface area contributed by atoms with Crippen molar-refractivity contribution in [2.75, 3.05) is 6.61 Å². The fourth-order valence-corrected chi connectivity index (χ4v) is 1.43. The van der Waals surface area contributed by atoms with E-state index in [1.54, 1.807) is 0 Å². The first kappa shape index (κ1) is 10.5. The van der Waals surface area contributed by atoms with Gasteiger partial charge in [-0.15, -0.1) is 6.58 Å². The highest BCUT2D eigenvalue weighted by Gasteiger charge is 2.43. The van der Waals surface area contributed by atoms with Crippen LogP contribution < -0.4 is 0 Å². The Morgan fingerprint density at radius 2 is 2.00 bits per heavy atom. The van der Waals surface area contributed by atoms with Gasteiger partial charge in [-0.25, -0.2) is 0 Å². The third kappa shape index (κ3) is 3.73. The number of allylic oxidation sites excluding steroid dienone is 1. The molecule has 0 aliphatic carbocycles. The van der Waals surface area contributed by atoms with E-state index in [2.05, 4.69) is 6.58 Å². The van der Waals surface area contributed by atoms with Crippen molar-refractivity contribution in [1.29, 1.82) is 0 Å². The SMILES string of the molecule is C=CCCCCCC[C@]1(C=O)CO1. The zero-order valence-corrected chi connectivity index (χ0v) is 8.13. The molecule has 1 aliphatic heterocycles. The second-order valence-corrected chi connectivity index (χ2v) is 3.71. The maximum atomic E-state index is 10.5. The topological polar surface area (TPSA) is 29.6 Å². The Morgan fingerprint density at radius 3 is 2.54 bits per heavy atom. The Hall–Kier alpha value is -0.630. The summed E-state index contributed by atoms with van der Waals surface area (Å²) < 4.78 is 5.09. The van der Waals surface area contributed by atoms with Gasteiger partial charge in [0, 0.05) is 0 Å². The number of carbonyl (C=O) groups is 1. The number of rotatable bonds is 8. The molecule has 0 unspecified atom stereocenters. The first-order valence-electron chi connectivity index (χ1n) is 5.04. The zero-order chi connectivity index (χ0) is 9.57. The molecule has 2 heteroatoms. The highest BCUT2D eigenvalue weighted by Crippen LogP contribution is 2.30. The summed E-state index contributed by atoms with van der Waals surface area (Å²) in [4.78, 5) is 10.5. The lowest BCUT2D eigenvalue weighted by Gasteiger charge is -2.02. The van der Waals surface area contributed by atoms with Crippen molar-refractivity contribution in [2.45, 2.75) is 44.1 Å². The monoisotopic (exact) mass is 182 g/mol. The van der Waals surface area contributed by atoms with Crippen molar-refractivity contribution in [1.82, 2.24) is 0 Å². The third-order valence-corrected chi connectivity index (χ3v) is 2.49. The lowest BCUT2D eigenvalue weighted by atomic mass is 10.0. The standard InChI is InChI=1S/C11H18O2/c1-2-3-4-5-6-7-8-11(9-12)10-13-11/h2,9H,1,3-8,10H2/t11-/m0/s1. The first-order chi connectivity index (χ1) is 6.33. The minimum atomic E-state index is -0.363. The molecule has 1 fully saturated rings. The average molecular weight is 182 g/mol. The van der Waals surface area contributed by atoms with E-state index in [1.165, 1.54) is 19.3 Å². The summed E-state index contributed by atoms with van der Waals surface area (Å²) in [5.74, 6) is 0. The molecule has 0 aromatic rings. The predicted octanol–water partition coefficient (Wildman–Crippen LogP) is 2.48. The maximum absolute atomic E-state index is 10.5. The molecular formula is C11H18O2. The Morgan fingerprint density at radius 1 is 1.31 bits per heavy atom. The molecule has 0 amide bonds. The lowest BCUT2D eigenvalue weighted by molar-refractivity contribution is -0.112. The van der Waals surface area contributed by atoms with E-state index >= 15 is 0 Å². The van der Waals surface area contributed by atoms with Gasteiger partial charge >= 0.3 is 0 Å². The van der Waals surface area contributed by atoms with Crippen molar-refractivity contribution in [3.8, 4) is 0 Å². The molecular weight excluding hydrogens is 164 g/mol. The number of unbranched alkanes of at least 4 members (excludes halogenated alkanes) is 4. The van der Waals surface area contributed by atoms with Crippen LogP contribution in [0.15, 0.2) is 12.7 Å². The molecule has 0 radical (unpaired) electrons. The number of hydrogen-bond donors (Lipinski definition) is 0. The Bertz CT molecular complexity index is 171. The molecule has 74 valence electrons. The van der Waals surface area contributed by atoms with Crippen LogP contribution in [0.2, 0.25) is 0 Å². The van der Waals surface area contributed by atoms with Crippen LogP contribution in [0.4, 0.5) is 0 Å². The summed E-state index contributed by atoms with van der Waals surface area (Å²) in [5, 5.41) is 0.